The third-order valence-corrected chi connectivity index (χ3v) is 4.28. The lowest BCUT2D eigenvalue weighted by molar-refractivity contribution is -0.385. The van der Waals surface area contributed by atoms with E-state index >= 15 is 0 Å². The van der Waals surface area contributed by atoms with Gasteiger partial charge in [-0.3, -0.25) is 14.9 Å². The average Bonchev–Trinajstić information content (AvgIpc) is 3.17. The Morgan fingerprint density at radius 1 is 1.17 bits per heavy atom. The molecule has 2 aromatic rings. The highest BCUT2D eigenvalue weighted by Crippen LogP contribution is 2.26. The van der Waals surface area contributed by atoms with Gasteiger partial charge in [-0.25, -0.2) is 0 Å². The number of carbonyl (C=O) groups excluding carboxylic acids is 1. The van der Waals surface area contributed by atoms with Gasteiger partial charge in [0.25, 0.3) is 11.6 Å². The van der Waals surface area contributed by atoms with Crippen LogP contribution in [0.15, 0.2) is 59.8 Å². The maximum Gasteiger partial charge on any atom is 0.406 e. The maximum absolute atomic E-state index is 13.1. The molecule has 0 aromatic heterocycles. The van der Waals surface area contributed by atoms with Gasteiger partial charge in [-0.1, -0.05) is 53.7 Å². The Labute approximate surface area is 163 Å². The quantitative estimate of drug-likeness (QED) is 0.540. The standard InChI is InChI=1S/C19H16F3N3O4/c20-19(21,22)12-24(11-14-8-4-5-9-16(14)25(27)28)18(26)17-10-15(23-29-17)13-6-2-1-3-7-13/h1-9,17H,10-12H2/t17-/m1/s1. The number of oxime groups is 1. The molecular formula is C19H16F3N3O4. The minimum Gasteiger partial charge on any atom is -0.382 e. The van der Waals surface area contributed by atoms with E-state index < -0.39 is 36.2 Å². The number of alkyl halides is 3. The number of para-hydroxylation sites is 1. The van der Waals surface area contributed by atoms with Gasteiger partial charge >= 0.3 is 6.18 Å². The molecule has 10 heteroatoms. The fourth-order valence-corrected chi connectivity index (χ4v) is 2.97. The Balaban J connectivity index is 1.79. The molecule has 1 atom stereocenters. The summed E-state index contributed by atoms with van der Waals surface area (Å²) in [5.41, 5.74) is 0.781. The number of halogens is 3. The minimum absolute atomic E-state index is 0.00250. The van der Waals surface area contributed by atoms with Crippen LogP contribution in [0.4, 0.5) is 18.9 Å². The molecular weight excluding hydrogens is 391 g/mol. The highest BCUT2D eigenvalue weighted by Gasteiger charge is 2.39. The second kappa shape index (κ2) is 8.29. The van der Waals surface area contributed by atoms with Gasteiger partial charge < -0.3 is 9.74 Å². The lowest BCUT2D eigenvalue weighted by Gasteiger charge is -2.25. The van der Waals surface area contributed by atoms with E-state index in [9.17, 15) is 28.1 Å². The van der Waals surface area contributed by atoms with Gasteiger partial charge in [-0.05, 0) is 5.56 Å². The topological polar surface area (TPSA) is 85.0 Å². The van der Waals surface area contributed by atoms with Crippen molar-refractivity contribution >= 4 is 17.3 Å². The Morgan fingerprint density at radius 3 is 2.48 bits per heavy atom. The van der Waals surface area contributed by atoms with Crippen molar-refractivity contribution in [3.05, 3.63) is 75.8 Å². The van der Waals surface area contributed by atoms with Crippen LogP contribution < -0.4 is 0 Å². The van der Waals surface area contributed by atoms with Crippen LogP contribution in [-0.2, 0) is 16.2 Å². The van der Waals surface area contributed by atoms with Crippen molar-refractivity contribution in [2.45, 2.75) is 25.2 Å². The zero-order chi connectivity index (χ0) is 21.0. The van der Waals surface area contributed by atoms with Crippen LogP contribution in [0.25, 0.3) is 0 Å². The smallest absolute Gasteiger partial charge is 0.382 e. The van der Waals surface area contributed by atoms with Gasteiger partial charge in [0, 0.05) is 18.1 Å². The molecule has 3 rings (SSSR count). The molecule has 0 saturated heterocycles. The summed E-state index contributed by atoms with van der Waals surface area (Å²) in [5.74, 6) is -0.935. The van der Waals surface area contributed by atoms with Crippen molar-refractivity contribution in [2.75, 3.05) is 6.54 Å². The summed E-state index contributed by atoms with van der Waals surface area (Å²) in [6.45, 7) is -2.13. The predicted octanol–water partition coefficient (Wildman–Crippen LogP) is 3.68. The Morgan fingerprint density at radius 2 is 1.83 bits per heavy atom. The fraction of sp³-hybridized carbons (Fsp3) is 0.263. The molecule has 0 unspecified atom stereocenters. The minimum atomic E-state index is -4.68. The molecule has 0 N–H and O–H groups in total. The number of amides is 1. The van der Waals surface area contributed by atoms with E-state index in [0.29, 0.717) is 16.2 Å². The van der Waals surface area contributed by atoms with Crippen molar-refractivity contribution in [1.82, 2.24) is 4.90 Å². The van der Waals surface area contributed by atoms with Crippen LogP contribution in [0.1, 0.15) is 17.5 Å². The molecule has 0 spiro atoms. The normalized spacial score (nSPS) is 16.1. The Hall–Kier alpha value is -3.43. The van der Waals surface area contributed by atoms with Crippen LogP contribution in [0.3, 0.4) is 0 Å². The molecule has 1 aliphatic heterocycles. The number of hydrogen-bond donors (Lipinski definition) is 0. The van der Waals surface area contributed by atoms with Crippen LogP contribution in [-0.4, -0.2) is 40.3 Å². The van der Waals surface area contributed by atoms with E-state index in [1.54, 1.807) is 30.3 Å². The molecule has 0 fully saturated rings. The van der Waals surface area contributed by atoms with Crippen LogP contribution in [0.2, 0.25) is 0 Å². The van der Waals surface area contributed by atoms with E-state index in [0.717, 1.165) is 0 Å². The molecule has 2 aromatic carbocycles. The van der Waals surface area contributed by atoms with Crippen molar-refractivity contribution in [3.8, 4) is 0 Å². The molecule has 29 heavy (non-hydrogen) atoms. The maximum atomic E-state index is 13.1. The largest absolute Gasteiger partial charge is 0.406 e. The summed E-state index contributed by atoms with van der Waals surface area (Å²) in [7, 11) is 0. The lowest BCUT2D eigenvalue weighted by Crippen LogP contribution is -2.44. The summed E-state index contributed by atoms with van der Waals surface area (Å²) in [4.78, 5) is 28.8. The van der Waals surface area contributed by atoms with Gasteiger partial charge in [0.15, 0.2) is 0 Å². The Kier molecular flexibility index (Phi) is 5.81. The van der Waals surface area contributed by atoms with Gasteiger partial charge in [-0.2, -0.15) is 13.2 Å². The monoisotopic (exact) mass is 407 g/mol. The van der Waals surface area contributed by atoms with E-state index in [2.05, 4.69) is 5.16 Å². The summed E-state index contributed by atoms with van der Waals surface area (Å²) in [6, 6.07) is 14.2. The number of benzene rings is 2. The van der Waals surface area contributed by atoms with Crippen molar-refractivity contribution in [3.63, 3.8) is 0 Å². The van der Waals surface area contributed by atoms with Crippen molar-refractivity contribution in [2.24, 2.45) is 5.16 Å². The predicted molar refractivity (Wildman–Crippen MR) is 97.0 cm³/mol. The third-order valence-electron chi connectivity index (χ3n) is 4.28. The number of nitro benzene ring substituents is 1. The fourth-order valence-electron chi connectivity index (χ4n) is 2.97. The molecule has 0 aliphatic carbocycles. The Bertz CT molecular complexity index is 932. The third kappa shape index (κ3) is 5.09. The first-order valence-electron chi connectivity index (χ1n) is 8.60. The van der Waals surface area contributed by atoms with E-state index in [4.69, 9.17) is 4.84 Å². The number of carbonyl (C=O) groups is 1. The van der Waals surface area contributed by atoms with Crippen LogP contribution in [0.5, 0.6) is 0 Å². The summed E-state index contributed by atoms with van der Waals surface area (Å²) < 4.78 is 39.2. The van der Waals surface area contributed by atoms with Gasteiger partial charge in [0.05, 0.1) is 17.2 Å². The first-order chi connectivity index (χ1) is 13.7. The van der Waals surface area contributed by atoms with Gasteiger partial charge in [0.1, 0.15) is 6.54 Å². The molecule has 0 bridgehead atoms. The molecule has 7 nitrogen and oxygen atoms in total. The molecule has 1 aliphatic rings. The van der Waals surface area contributed by atoms with Gasteiger partial charge in [0.2, 0.25) is 6.10 Å². The first-order valence-corrected chi connectivity index (χ1v) is 8.60. The van der Waals surface area contributed by atoms with E-state index in [1.165, 1.54) is 24.3 Å². The zero-order valence-electron chi connectivity index (χ0n) is 15.0. The highest BCUT2D eigenvalue weighted by molar-refractivity contribution is 6.04. The summed E-state index contributed by atoms with van der Waals surface area (Å²) in [6.07, 6.45) is -5.90. The van der Waals surface area contributed by atoms with Gasteiger partial charge in [-0.15, -0.1) is 0 Å². The average molecular weight is 407 g/mol. The number of rotatable bonds is 6. The number of hydrogen-bond acceptors (Lipinski definition) is 5. The zero-order valence-corrected chi connectivity index (χ0v) is 15.0. The SMILES string of the molecule is O=C([C@H]1CC(c2ccccc2)=NO1)N(Cc1ccccc1[N+](=O)[O-])CC(F)(F)F. The summed E-state index contributed by atoms with van der Waals surface area (Å²) >= 11 is 0. The second-order valence-corrected chi connectivity index (χ2v) is 6.40. The molecule has 1 amide bonds. The highest BCUT2D eigenvalue weighted by atomic mass is 19.4. The molecule has 0 saturated carbocycles. The van der Waals surface area contributed by atoms with Crippen molar-refractivity contribution in [1.29, 1.82) is 0 Å². The second-order valence-electron chi connectivity index (χ2n) is 6.40. The summed E-state index contributed by atoms with van der Waals surface area (Å²) in [5, 5.41) is 15.0. The van der Waals surface area contributed by atoms with Crippen LogP contribution >= 0.6 is 0 Å². The number of nitrogens with zero attached hydrogens (tertiary/aromatic N) is 3. The van der Waals surface area contributed by atoms with Crippen molar-refractivity contribution < 1.29 is 27.7 Å². The molecule has 0 radical (unpaired) electrons. The van der Waals surface area contributed by atoms with E-state index in [1.807, 2.05) is 0 Å². The molecule has 152 valence electrons. The lowest BCUT2D eigenvalue weighted by atomic mass is 10.0. The molecule has 1 heterocycles. The van der Waals surface area contributed by atoms with E-state index in [-0.39, 0.29) is 17.7 Å². The number of nitro groups is 1. The van der Waals surface area contributed by atoms with Crippen LogP contribution in [0, 0.1) is 10.1 Å². The first kappa shape index (κ1) is 20.3.